The fraction of sp³-hybridized carbons (Fsp3) is 0.611. The van der Waals surface area contributed by atoms with Crippen LogP contribution < -0.4 is 10.6 Å². The van der Waals surface area contributed by atoms with Crippen LogP contribution in [0.25, 0.3) is 0 Å². The summed E-state index contributed by atoms with van der Waals surface area (Å²) in [4.78, 5) is 8.72. The SMILES string of the molecule is CCC(CC)c1cc(CNC(=NC)NCCCc2nc(C)cs2)on1. The molecule has 0 aliphatic heterocycles. The smallest absolute Gasteiger partial charge is 0.191 e. The Balaban J connectivity index is 1.71. The molecule has 0 atom stereocenters. The molecule has 2 heterocycles. The molecule has 0 saturated carbocycles. The lowest BCUT2D eigenvalue weighted by Gasteiger charge is -2.10. The molecule has 0 aliphatic rings. The van der Waals surface area contributed by atoms with E-state index in [2.05, 4.69) is 45.0 Å². The van der Waals surface area contributed by atoms with Gasteiger partial charge in [-0.25, -0.2) is 4.98 Å². The van der Waals surface area contributed by atoms with Crippen LogP contribution in [-0.4, -0.2) is 29.7 Å². The van der Waals surface area contributed by atoms with Gasteiger partial charge in [-0.3, -0.25) is 4.99 Å². The predicted molar refractivity (Wildman–Crippen MR) is 103 cm³/mol. The van der Waals surface area contributed by atoms with Gasteiger partial charge in [-0.2, -0.15) is 0 Å². The quantitative estimate of drug-likeness (QED) is 0.404. The van der Waals surface area contributed by atoms with E-state index in [1.54, 1.807) is 18.4 Å². The molecule has 0 aliphatic carbocycles. The number of hydrogen-bond donors (Lipinski definition) is 2. The zero-order chi connectivity index (χ0) is 18.1. The number of aromatic nitrogens is 2. The van der Waals surface area contributed by atoms with Crippen molar-refractivity contribution >= 4 is 17.3 Å². The van der Waals surface area contributed by atoms with Crippen LogP contribution in [0.4, 0.5) is 0 Å². The molecule has 0 aromatic carbocycles. The maximum Gasteiger partial charge on any atom is 0.191 e. The van der Waals surface area contributed by atoms with Gasteiger partial charge in [0, 0.05) is 43.1 Å². The van der Waals surface area contributed by atoms with E-state index in [1.807, 2.05) is 13.0 Å². The molecule has 25 heavy (non-hydrogen) atoms. The fourth-order valence-corrected chi connectivity index (χ4v) is 3.49. The minimum absolute atomic E-state index is 0.476. The minimum Gasteiger partial charge on any atom is -0.359 e. The van der Waals surface area contributed by atoms with Crippen molar-refractivity contribution in [1.29, 1.82) is 0 Å². The molecule has 2 aromatic rings. The van der Waals surface area contributed by atoms with Crippen molar-refractivity contribution in [2.24, 2.45) is 4.99 Å². The van der Waals surface area contributed by atoms with Crippen LogP contribution in [0.5, 0.6) is 0 Å². The normalized spacial score (nSPS) is 12.0. The molecule has 0 fully saturated rings. The van der Waals surface area contributed by atoms with Crippen LogP contribution in [0.1, 0.15) is 61.2 Å². The van der Waals surface area contributed by atoms with Gasteiger partial charge in [0.25, 0.3) is 0 Å². The highest BCUT2D eigenvalue weighted by Crippen LogP contribution is 2.22. The van der Waals surface area contributed by atoms with Gasteiger partial charge in [0.05, 0.1) is 17.2 Å². The van der Waals surface area contributed by atoms with E-state index in [9.17, 15) is 0 Å². The monoisotopic (exact) mass is 363 g/mol. The zero-order valence-corrected chi connectivity index (χ0v) is 16.4. The molecule has 138 valence electrons. The van der Waals surface area contributed by atoms with Crippen LogP contribution in [0, 0.1) is 6.92 Å². The van der Waals surface area contributed by atoms with Crippen LogP contribution >= 0.6 is 11.3 Å². The number of aliphatic imine (C=N–C) groups is 1. The third-order valence-corrected chi connectivity index (χ3v) is 5.19. The van der Waals surface area contributed by atoms with E-state index in [1.165, 1.54) is 5.01 Å². The van der Waals surface area contributed by atoms with Gasteiger partial charge in [-0.05, 0) is 26.2 Å². The van der Waals surface area contributed by atoms with Crippen molar-refractivity contribution < 1.29 is 4.52 Å². The molecule has 7 heteroatoms. The maximum absolute atomic E-state index is 5.43. The zero-order valence-electron chi connectivity index (χ0n) is 15.6. The summed E-state index contributed by atoms with van der Waals surface area (Å²) in [5, 5.41) is 14.1. The number of rotatable bonds is 9. The Kier molecular flexibility index (Phi) is 7.91. The van der Waals surface area contributed by atoms with E-state index in [0.717, 1.165) is 55.3 Å². The lowest BCUT2D eigenvalue weighted by molar-refractivity contribution is 0.368. The van der Waals surface area contributed by atoms with Gasteiger partial charge >= 0.3 is 0 Å². The first-order valence-corrected chi connectivity index (χ1v) is 9.85. The molecule has 0 bridgehead atoms. The number of nitrogens with one attached hydrogen (secondary N) is 2. The van der Waals surface area contributed by atoms with Gasteiger partial charge in [-0.1, -0.05) is 19.0 Å². The molecule has 0 spiro atoms. The van der Waals surface area contributed by atoms with Crippen molar-refractivity contribution in [2.75, 3.05) is 13.6 Å². The Morgan fingerprint density at radius 1 is 1.32 bits per heavy atom. The third kappa shape index (κ3) is 6.16. The van der Waals surface area contributed by atoms with Crippen molar-refractivity contribution in [3.05, 3.63) is 33.6 Å². The average molecular weight is 364 g/mol. The summed E-state index contributed by atoms with van der Waals surface area (Å²) < 4.78 is 5.43. The summed E-state index contributed by atoms with van der Waals surface area (Å²) in [6.45, 7) is 7.83. The Morgan fingerprint density at radius 3 is 2.76 bits per heavy atom. The molecule has 2 aromatic heterocycles. The second-order valence-electron chi connectivity index (χ2n) is 6.07. The highest BCUT2D eigenvalue weighted by Gasteiger charge is 2.13. The summed E-state index contributed by atoms with van der Waals surface area (Å²) in [6.07, 6.45) is 4.17. The molecule has 0 amide bonds. The van der Waals surface area contributed by atoms with Crippen molar-refractivity contribution in [2.45, 2.75) is 58.9 Å². The summed E-state index contributed by atoms with van der Waals surface area (Å²) in [7, 11) is 1.77. The van der Waals surface area contributed by atoms with Crippen molar-refractivity contribution in [3.63, 3.8) is 0 Å². The van der Waals surface area contributed by atoms with E-state index in [4.69, 9.17) is 4.52 Å². The summed E-state index contributed by atoms with van der Waals surface area (Å²) in [6, 6.07) is 2.04. The van der Waals surface area contributed by atoms with Crippen LogP contribution in [0.15, 0.2) is 21.0 Å². The highest BCUT2D eigenvalue weighted by atomic mass is 32.1. The second kappa shape index (κ2) is 10.2. The van der Waals surface area contributed by atoms with E-state index in [-0.39, 0.29) is 0 Å². The second-order valence-corrected chi connectivity index (χ2v) is 7.01. The number of aryl methyl sites for hydroxylation is 2. The standard InChI is InChI=1S/C18H29N5OS/c1-5-14(6-2)16-10-15(24-23-16)11-21-18(19-4)20-9-7-8-17-22-13(3)12-25-17/h10,12,14H,5-9,11H2,1-4H3,(H2,19,20,21). The number of guanidine groups is 1. The first kappa shape index (κ1) is 19.4. The van der Waals surface area contributed by atoms with Crippen molar-refractivity contribution in [3.8, 4) is 0 Å². The molecule has 0 unspecified atom stereocenters. The number of hydrogen-bond acceptors (Lipinski definition) is 5. The Bertz CT molecular complexity index is 660. The molecular formula is C18H29N5OS. The highest BCUT2D eigenvalue weighted by molar-refractivity contribution is 7.09. The predicted octanol–water partition coefficient (Wildman–Crippen LogP) is 3.64. The van der Waals surface area contributed by atoms with Crippen molar-refractivity contribution in [1.82, 2.24) is 20.8 Å². The van der Waals surface area contributed by atoms with Gasteiger partial charge in [-0.15, -0.1) is 11.3 Å². The lowest BCUT2D eigenvalue weighted by atomic mass is 9.99. The third-order valence-electron chi connectivity index (χ3n) is 4.16. The van der Waals surface area contributed by atoms with Crippen LogP contribution in [0.2, 0.25) is 0 Å². The summed E-state index contributed by atoms with van der Waals surface area (Å²) in [5.74, 6) is 2.09. The Labute approximate surface area is 154 Å². The Hall–Kier alpha value is -1.89. The number of nitrogens with zero attached hydrogens (tertiary/aromatic N) is 3. The fourth-order valence-electron chi connectivity index (χ4n) is 2.67. The van der Waals surface area contributed by atoms with E-state index in [0.29, 0.717) is 12.5 Å². The van der Waals surface area contributed by atoms with Crippen LogP contribution in [0.3, 0.4) is 0 Å². The number of thiazole rings is 1. The van der Waals surface area contributed by atoms with Gasteiger partial charge in [0.1, 0.15) is 0 Å². The van der Waals surface area contributed by atoms with Gasteiger partial charge in [0.2, 0.25) is 0 Å². The topological polar surface area (TPSA) is 75.3 Å². The Morgan fingerprint density at radius 2 is 2.12 bits per heavy atom. The van der Waals surface area contributed by atoms with E-state index < -0.39 is 0 Å². The first-order chi connectivity index (χ1) is 12.2. The minimum atomic E-state index is 0.476. The van der Waals surface area contributed by atoms with Crippen LogP contribution in [-0.2, 0) is 13.0 Å². The maximum atomic E-state index is 5.43. The summed E-state index contributed by atoms with van der Waals surface area (Å²) in [5.41, 5.74) is 2.15. The van der Waals surface area contributed by atoms with Gasteiger partial charge in [0.15, 0.2) is 11.7 Å². The molecule has 2 N–H and O–H groups in total. The molecule has 6 nitrogen and oxygen atoms in total. The lowest BCUT2D eigenvalue weighted by Crippen LogP contribution is -2.37. The first-order valence-electron chi connectivity index (χ1n) is 8.97. The van der Waals surface area contributed by atoms with E-state index >= 15 is 0 Å². The molecule has 0 saturated heterocycles. The largest absolute Gasteiger partial charge is 0.359 e. The molecule has 0 radical (unpaired) electrons. The van der Waals surface area contributed by atoms with Gasteiger partial charge < -0.3 is 15.2 Å². The molecular weight excluding hydrogens is 334 g/mol. The molecule has 2 rings (SSSR count). The summed E-state index contributed by atoms with van der Waals surface area (Å²) >= 11 is 1.73. The average Bonchev–Trinajstić information content (AvgIpc) is 3.25.